The molecule has 4 aliphatic rings. The van der Waals surface area contributed by atoms with Crippen LogP contribution in [0.25, 0.3) is 0 Å². The zero-order valence-electron chi connectivity index (χ0n) is 16.7. The van der Waals surface area contributed by atoms with Crippen LogP contribution in [0.3, 0.4) is 0 Å². The summed E-state index contributed by atoms with van der Waals surface area (Å²) in [5, 5.41) is 24.6. The molecule has 0 spiro atoms. The smallest absolute Gasteiger partial charge is 0.307 e. The molecular weight excluding hydrogens is 388 g/mol. The van der Waals surface area contributed by atoms with E-state index in [1.807, 2.05) is 24.3 Å². The topological polar surface area (TPSA) is 133 Å². The lowest BCUT2D eigenvalue weighted by atomic mass is 9.82. The fourth-order valence-electron chi connectivity index (χ4n) is 5.94. The minimum absolute atomic E-state index is 0.00774. The van der Waals surface area contributed by atoms with Gasteiger partial charge < -0.3 is 20.8 Å². The highest BCUT2D eigenvalue weighted by molar-refractivity contribution is 5.87. The van der Waals surface area contributed by atoms with Crippen molar-refractivity contribution in [3.8, 4) is 0 Å². The maximum absolute atomic E-state index is 12.5. The molecule has 0 unspecified atom stereocenters. The Balaban J connectivity index is 1.17. The highest BCUT2D eigenvalue weighted by atomic mass is 16.4. The van der Waals surface area contributed by atoms with E-state index in [0.717, 1.165) is 12.8 Å². The molecule has 4 rings (SSSR count). The van der Waals surface area contributed by atoms with Crippen LogP contribution >= 0.6 is 0 Å². The monoisotopic (exact) mass is 416 g/mol. The van der Waals surface area contributed by atoms with Crippen molar-refractivity contribution >= 4 is 23.8 Å². The number of carbonyl (C=O) groups is 4. The number of nitrogens with one attached hydrogen (secondary N) is 2. The van der Waals surface area contributed by atoms with Crippen molar-refractivity contribution in [3.63, 3.8) is 0 Å². The molecule has 30 heavy (non-hydrogen) atoms. The summed E-state index contributed by atoms with van der Waals surface area (Å²) in [4.78, 5) is 48.0. The SMILES string of the molecule is O=C(O)[C@@H]1[C@H](C(=O)NCCCCNC(=O)[C@H]2[C@@H](C(=O)O)[C@H]3C=C[C@H]2C3)[C@H]2C=C[C@@H]1C2. The normalized spacial score (nSPS) is 37.5. The summed E-state index contributed by atoms with van der Waals surface area (Å²) in [5.41, 5.74) is 0. The second kappa shape index (κ2) is 8.24. The summed E-state index contributed by atoms with van der Waals surface area (Å²) < 4.78 is 0. The lowest BCUT2D eigenvalue weighted by Gasteiger charge is -2.24. The maximum Gasteiger partial charge on any atom is 0.307 e. The Hall–Kier alpha value is -2.64. The molecule has 8 nitrogen and oxygen atoms in total. The van der Waals surface area contributed by atoms with Gasteiger partial charge in [-0.15, -0.1) is 0 Å². The van der Waals surface area contributed by atoms with E-state index in [1.54, 1.807) is 0 Å². The minimum atomic E-state index is -0.912. The first-order valence-corrected chi connectivity index (χ1v) is 10.8. The third-order valence-corrected chi connectivity index (χ3v) is 7.30. The summed E-state index contributed by atoms with van der Waals surface area (Å²) in [6.45, 7) is 0.848. The number of fused-ring (bicyclic) bond motifs is 4. The molecule has 8 heteroatoms. The van der Waals surface area contributed by atoms with Crippen LogP contribution < -0.4 is 10.6 Å². The number of carbonyl (C=O) groups excluding carboxylic acids is 2. The van der Waals surface area contributed by atoms with Gasteiger partial charge in [0.1, 0.15) is 0 Å². The predicted octanol–water partition coefficient (Wildman–Crippen LogP) is 1.04. The Labute approximate surface area is 174 Å². The first kappa shape index (κ1) is 20.6. The third-order valence-electron chi connectivity index (χ3n) is 7.30. The van der Waals surface area contributed by atoms with Gasteiger partial charge in [-0.25, -0.2) is 0 Å². The number of carboxylic acids is 2. The van der Waals surface area contributed by atoms with Crippen LogP contribution in [0.5, 0.6) is 0 Å². The van der Waals surface area contributed by atoms with Gasteiger partial charge in [-0.1, -0.05) is 24.3 Å². The molecule has 0 aromatic heterocycles. The first-order valence-electron chi connectivity index (χ1n) is 10.8. The Morgan fingerprint density at radius 3 is 1.30 bits per heavy atom. The summed E-state index contributed by atoms with van der Waals surface area (Å²) in [7, 11) is 0. The lowest BCUT2D eigenvalue weighted by molar-refractivity contribution is -0.148. The van der Waals surface area contributed by atoms with Crippen LogP contribution in [0.2, 0.25) is 0 Å². The van der Waals surface area contributed by atoms with Gasteiger partial charge in [-0.3, -0.25) is 19.2 Å². The molecule has 8 atom stereocenters. The van der Waals surface area contributed by atoms with Crippen molar-refractivity contribution in [2.45, 2.75) is 25.7 Å². The van der Waals surface area contributed by atoms with E-state index in [1.165, 1.54) is 0 Å². The van der Waals surface area contributed by atoms with Crippen LogP contribution in [0.1, 0.15) is 25.7 Å². The van der Waals surface area contributed by atoms with Crippen LogP contribution in [-0.2, 0) is 19.2 Å². The Morgan fingerprint density at radius 1 is 0.633 bits per heavy atom. The molecule has 2 saturated carbocycles. The van der Waals surface area contributed by atoms with Gasteiger partial charge in [0.15, 0.2) is 0 Å². The molecule has 0 aliphatic heterocycles. The zero-order valence-corrected chi connectivity index (χ0v) is 16.7. The van der Waals surface area contributed by atoms with E-state index in [2.05, 4.69) is 10.6 Å². The van der Waals surface area contributed by atoms with Crippen molar-refractivity contribution in [3.05, 3.63) is 24.3 Å². The number of rotatable bonds is 9. The molecule has 0 saturated heterocycles. The van der Waals surface area contributed by atoms with E-state index >= 15 is 0 Å². The number of hydrogen-bond acceptors (Lipinski definition) is 4. The van der Waals surface area contributed by atoms with Crippen LogP contribution in [0, 0.1) is 47.3 Å². The molecule has 4 bridgehead atoms. The van der Waals surface area contributed by atoms with E-state index in [-0.39, 0.29) is 35.5 Å². The van der Waals surface area contributed by atoms with E-state index in [0.29, 0.717) is 25.9 Å². The Kier molecular flexibility index (Phi) is 5.66. The van der Waals surface area contributed by atoms with Crippen molar-refractivity contribution in [1.82, 2.24) is 10.6 Å². The highest BCUT2D eigenvalue weighted by Crippen LogP contribution is 2.49. The number of allylic oxidation sites excluding steroid dienone is 4. The Morgan fingerprint density at radius 2 is 0.967 bits per heavy atom. The summed E-state index contributed by atoms with van der Waals surface area (Å²) in [5.74, 6) is -4.61. The van der Waals surface area contributed by atoms with Gasteiger partial charge in [-0.2, -0.15) is 0 Å². The third kappa shape index (κ3) is 3.63. The van der Waals surface area contributed by atoms with Gasteiger partial charge in [0.05, 0.1) is 23.7 Å². The standard InChI is InChI=1S/C22H28N2O6/c25-19(15-11-3-5-13(9-11)17(15)21(27)28)23-7-1-2-8-24-20(26)16-12-4-6-14(10-12)18(16)22(29)30/h3-6,11-18H,1-2,7-10H2,(H,23,25)(H,24,26)(H,27,28)(H,29,30)/t11-,12-,13-,14+,15+,16+,17-,18-/m0/s1. The van der Waals surface area contributed by atoms with Crippen molar-refractivity contribution in [1.29, 1.82) is 0 Å². The van der Waals surface area contributed by atoms with E-state index in [4.69, 9.17) is 0 Å². The van der Waals surface area contributed by atoms with Crippen molar-refractivity contribution < 1.29 is 29.4 Å². The summed E-state index contributed by atoms with van der Waals surface area (Å²) in [6, 6.07) is 0. The molecule has 0 aromatic rings. The molecule has 2 amide bonds. The Bertz CT molecular complexity index is 739. The van der Waals surface area contributed by atoms with Crippen molar-refractivity contribution in [2.75, 3.05) is 13.1 Å². The average Bonchev–Trinajstić information content (AvgIpc) is 3.48. The quantitative estimate of drug-likeness (QED) is 0.328. The van der Waals surface area contributed by atoms with Gasteiger partial charge in [0, 0.05) is 13.1 Å². The van der Waals surface area contributed by atoms with Crippen LogP contribution in [0.15, 0.2) is 24.3 Å². The second-order valence-electron chi connectivity index (χ2n) is 8.97. The fourth-order valence-corrected chi connectivity index (χ4v) is 5.94. The van der Waals surface area contributed by atoms with Crippen LogP contribution in [-0.4, -0.2) is 47.1 Å². The molecule has 0 radical (unpaired) electrons. The molecule has 162 valence electrons. The van der Waals surface area contributed by atoms with Crippen molar-refractivity contribution in [2.24, 2.45) is 47.3 Å². The predicted molar refractivity (Wildman–Crippen MR) is 106 cm³/mol. The summed E-state index contributed by atoms with van der Waals surface area (Å²) >= 11 is 0. The minimum Gasteiger partial charge on any atom is -0.481 e. The lowest BCUT2D eigenvalue weighted by Crippen LogP contribution is -2.41. The molecular formula is C22H28N2O6. The van der Waals surface area contributed by atoms with E-state index in [9.17, 15) is 29.4 Å². The average molecular weight is 416 g/mol. The number of carboxylic acid groups (broad SMARTS) is 2. The second-order valence-corrected chi connectivity index (χ2v) is 8.97. The molecule has 2 fully saturated rings. The van der Waals surface area contributed by atoms with Crippen LogP contribution in [0.4, 0.5) is 0 Å². The number of amides is 2. The molecule has 4 N–H and O–H groups in total. The van der Waals surface area contributed by atoms with Gasteiger partial charge in [0.2, 0.25) is 11.8 Å². The fraction of sp³-hybridized carbons (Fsp3) is 0.636. The zero-order chi connectivity index (χ0) is 21.4. The molecule has 4 aliphatic carbocycles. The highest BCUT2D eigenvalue weighted by Gasteiger charge is 2.52. The number of unbranched alkanes of at least 4 members (excludes halogenated alkanes) is 1. The number of aliphatic carboxylic acids is 2. The van der Waals surface area contributed by atoms with E-state index < -0.39 is 35.6 Å². The van der Waals surface area contributed by atoms with Gasteiger partial charge in [-0.05, 0) is 49.4 Å². The number of hydrogen-bond donors (Lipinski definition) is 4. The summed E-state index contributed by atoms with van der Waals surface area (Å²) in [6.07, 6.45) is 10.5. The maximum atomic E-state index is 12.5. The first-order chi connectivity index (χ1) is 14.4. The largest absolute Gasteiger partial charge is 0.481 e. The van der Waals surface area contributed by atoms with Gasteiger partial charge >= 0.3 is 11.9 Å². The van der Waals surface area contributed by atoms with Gasteiger partial charge in [0.25, 0.3) is 0 Å². The molecule has 0 aromatic carbocycles. The molecule has 0 heterocycles.